The first kappa shape index (κ1) is 11.7. The molecule has 17 heavy (non-hydrogen) atoms. The van der Waals surface area contributed by atoms with Crippen LogP contribution in [0.15, 0.2) is 12.7 Å². The Morgan fingerprint density at radius 1 is 1.53 bits per heavy atom. The fraction of sp³-hybridized carbons (Fsp3) is 0.400. The Balaban J connectivity index is 1.85. The first-order chi connectivity index (χ1) is 8.15. The van der Waals surface area contributed by atoms with Gasteiger partial charge in [-0.15, -0.1) is 11.3 Å². The summed E-state index contributed by atoms with van der Waals surface area (Å²) in [4.78, 5) is 20.8. The maximum atomic E-state index is 11.6. The summed E-state index contributed by atoms with van der Waals surface area (Å²) in [6.07, 6.45) is 3.40. The zero-order valence-electron chi connectivity index (χ0n) is 9.67. The summed E-state index contributed by atoms with van der Waals surface area (Å²) in [5, 5.41) is 7.36. The molecule has 0 aliphatic rings. The van der Waals surface area contributed by atoms with E-state index in [2.05, 4.69) is 20.4 Å². The quantitative estimate of drug-likeness (QED) is 0.891. The molecular weight excluding hydrogens is 238 g/mol. The van der Waals surface area contributed by atoms with Gasteiger partial charge in [-0.2, -0.15) is 5.10 Å². The Morgan fingerprint density at radius 2 is 2.35 bits per heavy atom. The lowest BCUT2D eigenvalue weighted by Crippen LogP contribution is -2.14. The van der Waals surface area contributed by atoms with Crippen LogP contribution < -0.4 is 5.32 Å². The van der Waals surface area contributed by atoms with E-state index in [9.17, 15) is 4.79 Å². The van der Waals surface area contributed by atoms with Crippen LogP contribution in [0.1, 0.15) is 17.0 Å². The number of thiazole rings is 1. The van der Waals surface area contributed by atoms with E-state index < -0.39 is 0 Å². The number of hydrogen-bond acceptors (Lipinski definition) is 5. The van der Waals surface area contributed by atoms with E-state index in [1.54, 1.807) is 11.0 Å². The minimum absolute atomic E-state index is 0.0609. The van der Waals surface area contributed by atoms with Crippen molar-refractivity contribution >= 4 is 22.4 Å². The third kappa shape index (κ3) is 3.10. The number of anilines is 1. The van der Waals surface area contributed by atoms with E-state index in [4.69, 9.17) is 0 Å². The summed E-state index contributed by atoms with van der Waals surface area (Å²) in [6, 6.07) is 0. The van der Waals surface area contributed by atoms with Crippen LogP contribution in [0, 0.1) is 13.8 Å². The summed E-state index contributed by atoms with van der Waals surface area (Å²) < 4.78 is 1.62. The first-order valence-electron chi connectivity index (χ1n) is 5.21. The number of aromatic nitrogens is 4. The molecule has 1 amide bonds. The van der Waals surface area contributed by atoms with Crippen molar-refractivity contribution in [3.63, 3.8) is 0 Å². The van der Waals surface area contributed by atoms with Crippen molar-refractivity contribution in [3.8, 4) is 0 Å². The van der Waals surface area contributed by atoms with Gasteiger partial charge in [0.05, 0.1) is 12.2 Å². The highest BCUT2D eigenvalue weighted by Crippen LogP contribution is 2.21. The number of nitrogens with one attached hydrogen (secondary N) is 1. The van der Waals surface area contributed by atoms with Crippen LogP contribution >= 0.6 is 11.3 Å². The summed E-state index contributed by atoms with van der Waals surface area (Å²) in [6.45, 7) is 4.43. The average molecular weight is 251 g/mol. The molecule has 2 rings (SSSR count). The standard InChI is InChI=1S/C10H13N5OS/c1-7-8(2)17-10(13-7)14-9(16)3-4-15-6-11-5-12-15/h5-6H,3-4H2,1-2H3,(H,13,14,16). The fourth-order valence-corrected chi connectivity index (χ4v) is 2.10. The third-order valence-corrected chi connectivity index (χ3v) is 3.30. The highest BCUT2D eigenvalue weighted by atomic mass is 32.1. The molecule has 0 spiro atoms. The van der Waals surface area contributed by atoms with Gasteiger partial charge in [-0.25, -0.2) is 9.97 Å². The molecule has 0 unspecified atom stereocenters. The van der Waals surface area contributed by atoms with Crippen molar-refractivity contribution in [2.75, 3.05) is 5.32 Å². The minimum Gasteiger partial charge on any atom is -0.302 e. The van der Waals surface area contributed by atoms with Gasteiger partial charge in [0.2, 0.25) is 5.91 Å². The number of hydrogen-bond donors (Lipinski definition) is 1. The largest absolute Gasteiger partial charge is 0.302 e. The van der Waals surface area contributed by atoms with Gasteiger partial charge >= 0.3 is 0 Å². The Labute approximate surface area is 103 Å². The number of carbonyl (C=O) groups excluding carboxylic acids is 1. The molecule has 7 heteroatoms. The van der Waals surface area contributed by atoms with Gasteiger partial charge in [-0.3, -0.25) is 9.48 Å². The van der Waals surface area contributed by atoms with Crippen LogP contribution in [0.3, 0.4) is 0 Å². The van der Waals surface area contributed by atoms with Gasteiger partial charge in [0, 0.05) is 11.3 Å². The maximum absolute atomic E-state index is 11.6. The summed E-state index contributed by atoms with van der Waals surface area (Å²) in [7, 11) is 0. The van der Waals surface area contributed by atoms with Crippen LogP contribution in [-0.4, -0.2) is 25.7 Å². The molecule has 1 N–H and O–H groups in total. The van der Waals surface area contributed by atoms with Crippen LogP contribution in [0.5, 0.6) is 0 Å². The van der Waals surface area contributed by atoms with E-state index in [1.165, 1.54) is 17.7 Å². The lowest BCUT2D eigenvalue weighted by molar-refractivity contribution is -0.116. The normalized spacial score (nSPS) is 10.5. The molecule has 0 aliphatic carbocycles. The monoisotopic (exact) mass is 251 g/mol. The lowest BCUT2D eigenvalue weighted by atomic mass is 10.4. The second kappa shape index (κ2) is 5.05. The number of carbonyl (C=O) groups is 1. The van der Waals surface area contributed by atoms with Crippen molar-refractivity contribution < 1.29 is 4.79 Å². The van der Waals surface area contributed by atoms with Crippen LogP contribution in [-0.2, 0) is 11.3 Å². The van der Waals surface area contributed by atoms with Crippen LogP contribution in [0.4, 0.5) is 5.13 Å². The Bertz CT molecular complexity index is 485. The van der Waals surface area contributed by atoms with E-state index in [1.807, 2.05) is 13.8 Å². The van der Waals surface area contributed by atoms with Gasteiger partial charge in [0.1, 0.15) is 12.7 Å². The molecule has 0 saturated heterocycles. The Kier molecular flexibility index (Phi) is 3.48. The molecule has 0 bridgehead atoms. The van der Waals surface area contributed by atoms with E-state index in [-0.39, 0.29) is 5.91 Å². The molecule has 0 fully saturated rings. The number of nitrogens with zero attached hydrogens (tertiary/aromatic N) is 4. The molecular formula is C10H13N5OS. The lowest BCUT2D eigenvalue weighted by Gasteiger charge is -2.01. The Hall–Kier alpha value is -1.76. The van der Waals surface area contributed by atoms with E-state index >= 15 is 0 Å². The second-order valence-electron chi connectivity index (χ2n) is 3.62. The first-order valence-corrected chi connectivity index (χ1v) is 6.03. The van der Waals surface area contributed by atoms with Crippen molar-refractivity contribution in [2.24, 2.45) is 0 Å². The summed E-state index contributed by atoms with van der Waals surface area (Å²) in [5.74, 6) is -0.0609. The summed E-state index contributed by atoms with van der Waals surface area (Å²) >= 11 is 1.49. The van der Waals surface area contributed by atoms with Gasteiger partial charge < -0.3 is 5.32 Å². The van der Waals surface area contributed by atoms with Gasteiger partial charge in [0.25, 0.3) is 0 Å². The van der Waals surface area contributed by atoms with Crippen LogP contribution in [0.2, 0.25) is 0 Å². The highest BCUT2D eigenvalue weighted by molar-refractivity contribution is 7.15. The molecule has 2 aromatic rings. The molecule has 0 aliphatic heterocycles. The smallest absolute Gasteiger partial charge is 0.228 e. The van der Waals surface area contributed by atoms with E-state index in [0.29, 0.717) is 18.1 Å². The third-order valence-electron chi connectivity index (χ3n) is 2.31. The molecule has 2 aromatic heterocycles. The molecule has 90 valence electrons. The zero-order chi connectivity index (χ0) is 12.3. The van der Waals surface area contributed by atoms with Crippen molar-refractivity contribution in [1.82, 2.24) is 19.7 Å². The number of amides is 1. The predicted molar refractivity (Wildman–Crippen MR) is 64.9 cm³/mol. The summed E-state index contributed by atoms with van der Waals surface area (Å²) in [5.41, 5.74) is 0.960. The van der Waals surface area contributed by atoms with Crippen LogP contribution in [0.25, 0.3) is 0 Å². The predicted octanol–water partition coefficient (Wildman–Crippen LogP) is 1.38. The molecule has 0 aromatic carbocycles. The average Bonchev–Trinajstić information content (AvgIpc) is 2.87. The van der Waals surface area contributed by atoms with Crippen molar-refractivity contribution in [3.05, 3.63) is 23.2 Å². The number of rotatable bonds is 4. The van der Waals surface area contributed by atoms with Gasteiger partial charge in [-0.05, 0) is 13.8 Å². The van der Waals surface area contributed by atoms with Gasteiger partial charge in [0.15, 0.2) is 5.13 Å². The molecule has 6 nitrogen and oxygen atoms in total. The fourth-order valence-electron chi connectivity index (χ4n) is 1.27. The highest BCUT2D eigenvalue weighted by Gasteiger charge is 2.07. The molecule has 2 heterocycles. The Morgan fingerprint density at radius 3 is 2.94 bits per heavy atom. The maximum Gasteiger partial charge on any atom is 0.228 e. The molecule has 0 atom stereocenters. The number of aryl methyl sites for hydroxylation is 3. The zero-order valence-corrected chi connectivity index (χ0v) is 10.5. The minimum atomic E-state index is -0.0609. The topological polar surface area (TPSA) is 72.7 Å². The molecule has 0 radical (unpaired) electrons. The van der Waals surface area contributed by atoms with Gasteiger partial charge in [-0.1, -0.05) is 0 Å². The van der Waals surface area contributed by atoms with Crippen molar-refractivity contribution in [2.45, 2.75) is 26.8 Å². The van der Waals surface area contributed by atoms with E-state index in [0.717, 1.165) is 10.6 Å². The SMILES string of the molecule is Cc1nc(NC(=O)CCn2cncn2)sc1C. The second-order valence-corrected chi connectivity index (χ2v) is 4.82. The van der Waals surface area contributed by atoms with Crippen molar-refractivity contribution in [1.29, 1.82) is 0 Å². The molecule has 0 saturated carbocycles.